The normalized spacial score (nSPS) is 10.8. The fourth-order valence-electron chi connectivity index (χ4n) is 1.78. The van der Waals surface area contributed by atoms with Gasteiger partial charge in [0.2, 0.25) is 5.12 Å². The monoisotopic (exact) mass is 276 g/mol. The number of hydrogen-bond acceptors (Lipinski definition) is 2. The standard InChI is InChI=1S/C15H16OS2/c1-2-3-8-18-14-7-6-11-9-13(15(16)17)5-4-12(11)10-14/h4-7,9-10H,2-3,8H2,1H3,(H,16,17). The van der Waals surface area contributed by atoms with E-state index in [0.717, 1.165) is 11.1 Å². The van der Waals surface area contributed by atoms with E-state index in [4.69, 9.17) is 0 Å². The Hall–Kier alpha value is -0.930. The van der Waals surface area contributed by atoms with Crippen LogP contribution in [0.2, 0.25) is 0 Å². The zero-order valence-corrected chi connectivity index (χ0v) is 12.1. The van der Waals surface area contributed by atoms with E-state index in [1.807, 2.05) is 30.0 Å². The maximum atomic E-state index is 11.2. The van der Waals surface area contributed by atoms with Crippen molar-refractivity contribution >= 4 is 40.3 Å². The van der Waals surface area contributed by atoms with E-state index in [2.05, 4.69) is 37.8 Å². The molecule has 94 valence electrons. The zero-order valence-electron chi connectivity index (χ0n) is 10.3. The summed E-state index contributed by atoms with van der Waals surface area (Å²) in [6.45, 7) is 2.21. The van der Waals surface area contributed by atoms with Gasteiger partial charge in [-0.15, -0.1) is 24.4 Å². The Bertz CT molecular complexity index is 563. The number of thiol groups is 1. The van der Waals surface area contributed by atoms with Crippen molar-refractivity contribution in [1.82, 2.24) is 0 Å². The van der Waals surface area contributed by atoms with Crippen LogP contribution in [-0.4, -0.2) is 10.9 Å². The molecule has 0 bridgehead atoms. The minimum Gasteiger partial charge on any atom is -0.282 e. The lowest BCUT2D eigenvalue weighted by atomic mass is 10.1. The summed E-state index contributed by atoms with van der Waals surface area (Å²) in [6, 6.07) is 12.1. The van der Waals surface area contributed by atoms with Crippen molar-refractivity contribution in [2.75, 3.05) is 5.75 Å². The van der Waals surface area contributed by atoms with Gasteiger partial charge in [0, 0.05) is 10.5 Å². The Morgan fingerprint density at radius 1 is 1.17 bits per heavy atom. The van der Waals surface area contributed by atoms with E-state index in [0.29, 0.717) is 5.56 Å². The average Bonchev–Trinajstić information content (AvgIpc) is 2.38. The molecule has 0 radical (unpaired) electrons. The first kappa shape index (κ1) is 13.5. The predicted molar refractivity (Wildman–Crippen MR) is 82.9 cm³/mol. The van der Waals surface area contributed by atoms with Gasteiger partial charge in [0.15, 0.2) is 0 Å². The Morgan fingerprint density at radius 2 is 1.89 bits per heavy atom. The van der Waals surface area contributed by atoms with Crippen LogP contribution in [0.5, 0.6) is 0 Å². The number of thioether (sulfide) groups is 1. The zero-order chi connectivity index (χ0) is 13.0. The van der Waals surface area contributed by atoms with E-state index in [1.54, 1.807) is 0 Å². The number of unbranched alkanes of at least 4 members (excludes halogenated alkanes) is 1. The van der Waals surface area contributed by atoms with Gasteiger partial charge < -0.3 is 0 Å². The minimum absolute atomic E-state index is 0.182. The van der Waals surface area contributed by atoms with Crippen molar-refractivity contribution in [2.24, 2.45) is 0 Å². The molecule has 1 nitrogen and oxygen atoms in total. The molecule has 2 aromatic rings. The van der Waals surface area contributed by atoms with Crippen molar-refractivity contribution in [3.63, 3.8) is 0 Å². The smallest absolute Gasteiger partial charge is 0.216 e. The second kappa shape index (κ2) is 6.30. The average molecular weight is 276 g/mol. The molecule has 18 heavy (non-hydrogen) atoms. The summed E-state index contributed by atoms with van der Waals surface area (Å²) in [7, 11) is 0. The second-order valence-electron chi connectivity index (χ2n) is 4.23. The Morgan fingerprint density at radius 3 is 2.61 bits per heavy atom. The first-order valence-corrected chi connectivity index (χ1v) is 7.54. The highest BCUT2D eigenvalue weighted by Gasteiger charge is 2.02. The number of fused-ring (bicyclic) bond motifs is 1. The summed E-state index contributed by atoms with van der Waals surface area (Å²) in [5.74, 6) is 1.16. The van der Waals surface area contributed by atoms with Gasteiger partial charge in [-0.05, 0) is 47.2 Å². The molecule has 0 unspecified atom stereocenters. The fraction of sp³-hybridized carbons (Fsp3) is 0.267. The third-order valence-electron chi connectivity index (χ3n) is 2.83. The molecule has 0 atom stereocenters. The minimum atomic E-state index is -0.182. The summed E-state index contributed by atoms with van der Waals surface area (Å²) in [4.78, 5) is 12.5. The Kier molecular flexibility index (Phi) is 4.72. The molecule has 3 heteroatoms. The Labute approximate surface area is 117 Å². The van der Waals surface area contributed by atoms with Crippen LogP contribution in [0.4, 0.5) is 0 Å². The number of carbonyl (C=O) groups excluding carboxylic acids is 1. The lowest BCUT2D eigenvalue weighted by Gasteiger charge is -2.04. The fourth-order valence-corrected chi connectivity index (χ4v) is 2.96. The van der Waals surface area contributed by atoms with Crippen LogP contribution in [-0.2, 0) is 0 Å². The van der Waals surface area contributed by atoms with Crippen LogP contribution < -0.4 is 0 Å². The third-order valence-corrected chi connectivity index (χ3v) is 4.16. The van der Waals surface area contributed by atoms with Gasteiger partial charge in [0.25, 0.3) is 0 Å². The van der Waals surface area contributed by atoms with E-state index in [9.17, 15) is 4.79 Å². The molecule has 0 spiro atoms. The van der Waals surface area contributed by atoms with E-state index >= 15 is 0 Å². The number of rotatable bonds is 5. The molecular weight excluding hydrogens is 260 g/mol. The van der Waals surface area contributed by atoms with Crippen molar-refractivity contribution in [3.05, 3.63) is 42.0 Å². The maximum absolute atomic E-state index is 11.2. The molecule has 0 saturated carbocycles. The molecule has 0 aliphatic rings. The largest absolute Gasteiger partial charge is 0.282 e. The van der Waals surface area contributed by atoms with Gasteiger partial charge in [0.1, 0.15) is 0 Å². The predicted octanol–water partition coefficient (Wildman–Crippen LogP) is 4.80. The Balaban J connectivity index is 2.24. The van der Waals surface area contributed by atoms with Crippen LogP contribution in [0.15, 0.2) is 41.3 Å². The molecule has 0 aliphatic heterocycles. The molecule has 0 fully saturated rings. The summed E-state index contributed by atoms with van der Waals surface area (Å²) in [6.07, 6.45) is 2.48. The molecule has 0 heterocycles. The first-order valence-electron chi connectivity index (χ1n) is 6.10. The van der Waals surface area contributed by atoms with Gasteiger partial charge in [-0.3, -0.25) is 4.79 Å². The quantitative estimate of drug-likeness (QED) is 0.480. The number of hydrogen-bond donors (Lipinski definition) is 1. The third kappa shape index (κ3) is 3.30. The molecule has 0 aliphatic carbocycles. The van der Waals surface area contributed by atoms with Crippen LogP contribution in [0, 0.1) is 0 Å². The topological polar surface area (TPSA) is 17.1 Å². The lowest BCUT2D eigenvalue weighted by molar-refractivity contribution is 0.109. The van der Waals surface area contributed by atoms with Gasteiger partial charge >= 0.3 is 0 Å². The summed E-state index contributed by atoms with van der Waals surface area (Å²) >= 11 is 5.74. The van der Waals surface area contributed by atoms with Crippen LogP contribution in [0.3, 0.4) is 0 Å². The highest BCUT2D eigenvalue weighted by atomic mass is 32.2. The molecule has 0 aromatic heterocycles. The lowest BCUT2D eigenvalue weighted by Crippen LogP contribution is -1.88. The van der Waals surface area contributed by atoms with Crippen molar-refractivity contribution in [2.45, 2.75) is 24.7 Å². The first-order chi connectivity index (χ1) is 8.70. The number of carbonyl (C=O) groups is 1. The highest BCUT2D eigenvalue weighted by molar-refractivity contribution is 7.99. The van der Waals surface area contributed by atoms with Gasteiger partial charge in [-0.2, -0.15) is 0 Å². The van der Waals surface area contributed by atoms with Crippen molar-refractivity contribution < 1.29 is 4.79 Å². The van der Waals surface area contributed by atoms with E-state index in [-0.39, 0.29) is 5.12 Å². The second-order valence-corrected chi connectivity index (χ2v) is 5.81. The molecule has 2 aromatic carbocycles. The van der Waals surface area contributed by atoms with Crippen LogP contribution >= 0.6 is 24.4 Å². The summed E-state index contributed by atoms with van der Waals surface area (Å²) in [5, 5.41) is 2.09. The van der Waals surface area contributed by atoms with Crippen molar-refractivity contribution in [3.8, 4) is 0 Å². The van der Waals surface area contributed by atoms with Crippen LogP contribution in [0.1, 0.15) is 30.1 Å². The molecule has 0 amide bonds. The van der Waals surface area contributed by atoms with Gasteiger partial charge in [0.05, 0.1) is 0 Å². The molecule has 0 N–H and O–H groups in total. The summed E-state index contributed by atoms with van der Waals surface area (Å²) in [5.41, 5.74) is 0.650. The molecule has 0 saturated heterocycles. The maximum Gasteiger partial charge on any atom is 0.216 e. The SMILES string of the molecule is CCCCSc1ccc2cc(C(=O)S)ccc2c1. The van der Waals surface area contributed by atoms with E-state index < -0.39 is 0 Å². The van der Waals surface area contributed by atoms with Gasteiger partial charge in [-0.25, -0.2) is 0 Å². The number of benzene rings is 2. The highest BCUT2D eigenvalue weighted by Crippen LogP contribution is 2.25. The molecular formula is C15H16OS2. The van der Waals surface area contributed by atoms with Crippen molar-refractivity contribution in [1.29, 1.82) is 0 Å². The van der Waals surface area contributed by atoms with Gasteiger partial charge in [-0.1, -0.05) is 25.5 Å². The van der Waals surface area contributed by atoms with Crippen LogP contribution in [0.25, 0.3) is 10.8 Å². The van der Waals surface area contributed by atoms with E-state index in [1.165, 1.54) is 23.1 Å². The summed E-state index contributed by atoms with van der Waals surface area (Å²) < 4.78 is 0. The molecule has 2 rings (SSSR count).